The number of hydrazine groups is 1. The van der Waals surface area contributed by atoms with Crippen molar-refractivity contribution in [1.29, 1.82) is 0 Å². The second kappa shape index (κ2) is 7.32. The number of hydrogen-bond acceptors (Lipinski definition) is 5. The van der Waals surface area contributed by atoms with Crippen molar-refractivity contribution in [2.45, 2.75) is 31.4 Å². The molecule has 1 atom stereocenters. The third-order valence-corrected chi connectivity index (χ3v) is 6.38. The largest absolute Gasteiger partial charge is 0.380 e. The number of benzene rings is 2. The lowest BCUT2D eigenvalue weighted by Gasteiger charge is -2.35. The van der Waals surface area contributed by atoms with Crippen molar-refractivity contribution >= 4 is 23.2 Å². The molecular formula is C23H25FN4O3. The van der Waals surface area contributed by atoms with E-state index < -0.39 is 11.4 Å². The quantitative estimate of drug-likeness (QED) is 0.791. The van der Waals surface area contributed by atoms with Gasteiger partial charge in [0.25, 0.3) is 11.8 Å². The number of carbonyl (C=O) groups excluding carboxylic acids is 2. The van der Waals surface area contributed by atoms with E-state index in [0.29, 0.717) is 44.7 Å². The lowest BCUT2D eigenvalue weighted by atomic mass is 10.1. The van der Waals surface area contributed by atoms with Gasteiger partial charge in [0.1, 0.15) is 11.4 Å². The van der Waals surface area contributed by atoms with Crippen LogP contribution in [-0.4, -0.2) is 58.5 Å². The molecule has 162 valence electrons. The van der Waals surface area contributed by atoms with Gasteiger partial charge in [-0.3, -0.25) is 14.6 Å². The van der Waals surface area contributed by atoms with Gasteiger partial charge < -0.3 is 14.9 Å². The van der Waals surface area contributed by atoms with Crippen LogP contribution >= 0.6 is 0 Å². The minimum atomic E-state index is -1.20. The summed E-state index contributed by atoms with van der Waals surface area (Å²) in [6.45, 7) is 3.37. The Kier molecular flexibility index (Phi) is 4.71. The highest BCUT2D eigenvalue weighted by Gasteiger charge is 2.50. The van der Waals surface area contributed by atoms with E-state index in [-0.39, 0.29) is 23.4 Å². The lowest BCUT2D eigenvalue weighted by molar-refractivity contribution is -0.143. The van der Waals surface area contributed by atoms with Gasteiger partial charge in [-0.1, -0.05) is 18.2 Å². The summed E-state index contributed by atoms with van der Waals surface area (Å²) >= 11 is 0. The molecule has 7 nitrogen and oxygen atoms in total. The summed E-state index contributed by atoms with van der Waals surface area (Å²) in [5.41, 5.74) is 4.86. The highest BCUT2D eigenvalue weighted by atomic mass is 19.1. The first-order valence-electron chi connectivity index (χ1n) is 10.6. The fourth-order valence-electron chi connectivity index (χ4n) is 4.33. The number of para-hydroxylation sites is 1. The number of halogens is 1. The van der Waals surface area contributed by atoms with Gasteiger partial charge in [0, 0.05) is 26.2 Å². The van der Waals surface area contributed by atoms with Crippen LogP contribution in [0, 0.1) is 5.82 Å². The Morgan fingerprint density at radius 1 is 1.06 bits per heavy atom. The zero-order valence-electron chi connectivity index (χ0n) is 17.3. The molecule has 31 heavy (non-hydrogen) atoms. The number of rotatable bonds is 3. The Morgan fingerprint density at radius 2 is 1.74 bits per heavy atom. The number of amides is 2. The third-order valence-electron chi connectivity index (χ3n) is 6.38. The van der Waals surface area contributed by atoms with E-state index in [0.717, 1.165) is 11.3 Å². The molecule has 0 spiro atoms. The van der Waals surface area contributed by atoms with Crippen LogP contribution in [0.25, 0.3) is 0 Å². The average Bonchev–Trinajstić information content (AvgIpc) is 3.46. The van der Waals surface area contributed by atoms with Crippen LogP contribution < -0.4 is 10.4 Å². The molecule has 1 unspecified atom stereocenters. The standard InChI is InChI=1S/C23H25FN4O3/c1-15-17-4-2-3-5-20(17)28(25-15)16-6-7-18(19(24)14-16)21(29)26-10-12-27(13-11-26)22(30)23(31)8-9-23/h2-7,14-15,25,31H,8-13H2,1H3. The van der Waals surface area contributed by atoms with Gasteiger partial charge in [0.15, 0.2) is 0 Å². The van der Waals surface area contributed by atoms with Gasteiger partial charge in [-0.2, -0.15) is 0 Å². The minimum Gasteiger partial charge on any atom is -0.380 e. The van der Waals surface area contributed by atoms with Crippen molar-refractivity contribution in [3.63, 3.8) is 0 Å². The van der Waals surface area contributed by atoms with E-state index in [1.165, 1.54) is 12.1 Å². The fraction of sp³-hybridized carbons (Fsp3) is 0.391. The number of hydrogen-bond donors (Lipinski definition) is 2. The van der Waals surface area contributed by atoms with Gasteiger partial charge in [0.2, 0.25) is 0 Å². The van der Waals surface area contributed by atoms with Crippen LogP contribution in [0.5, 0.6) is 0 Å². The Balaban J connectivity index is 1.29. The Labute approximate surface area is 180 Å². The topological polar surface area (TPSA) is 76.1 Å². The Hall–Kier alpha value is -2.97. The summed E-state index contributed by atoms with van der Waals surface area (Å²) < 4.78 is 15.0. The van der Waals surface area contributed by atoms with Crippen molar-refractivity contribution in [1.82, 2.24) is 15.2 Å². The molecule has 1 saturated heterocycles. The molecule has 8 heteroatoms. The number of aliphatic hydroxyl groups is 1. The number of anilines is 2. The number of nitrogens with one attached hydrogen (secondary N) is 1. The molecule has 0 radical (unpaired) electrons. The van der Waals surface area contributed by atoms with Crippen LogP contribution in [0.4, 0.5) is 15.8 Å². The molecule has 1 aliphatic carbocycles. The van der Waals surface area contributed by atoms with Gasteiger partial charge in [-0.05, 0) is 49.6 Å². The summed E-state index contributed by atoms with van der Waals surface area (Å²) in [7, 11) is 0. The maximum absolute atomic E-state index is 15.0. The molecular weight excluding hydrogens is 399 g/mol. The van der Waals surface area contributed by atoms with E-state index in [2.05, 4.69) is 5.43 Å². The molecule has 2 aliphatic heterocycles. The predicted octanol–water partition coefficient (Wildman–Crippen LogP) is 2.35. The molecule has 2 aromatic carbocycles. The summed E-state index contributed by atoms with van der Waals surface area (Å²) in [4.78, 5) is 28.3. The summed E-state index contributed by atoms with van der Waals surface area (Å²) in [5.74, 6) is -1.22. The number of fused-ring (bicyclic) bond motifs is 1. The number of carbonyl (C=O) groups is 2. The first-order chi connectivity index (χ1) is 14.9. The van der Waals surface area contributed by atoms with Crippen molar-refractivity contribution in [2.75, 3.05) is 31.2 Å². The predicted molar refractivity (Wildman–Crippen MR) is 113 cm³/mol. The first kappa shape index (κ1) is 20.0. The normalized spacial score (nSPS) is 21.8. The smallest absolute Gasteiger partial charge is 0.256 e. The van der Waals surface area contributed by atoms with Crippen LogP contribution in [0.15, 0.2) is 42.5 Å². The van der Waals surface area contributed by atoms with Crippen molar-refractivity contribution < 1.29 is 19.1 Å². The van der Waals surface area contributed by atoms with Crippen LogP contribution in [0.2, 0.25) is 0 Å². The van der Waals surface area contributed by atoms with Crippen LogP contribution in [0.1, 0.15) is 41.7 Å². The summed E-state index contributed by atoms with van der Waals surface area (Å²) in [6.07, 6.45) is 0.995. The van der Waals surface area contributed by atoms with Crippen molar-refractivity contribution in [3.05, 3.63) is 59.4 Å². The Morgan fingerprint density at radius 3 is 2.42 bits per heavy atom. The van der Waals surface area contributed by atoms with Gasteiger partial charge in [0.05, 0.1) is 23.0 Å². The number of piperazine rings is 1. The van der Waals surface area contributed by atoms with E-state index in [1.54, 1.807) is 15.9 Å². The van der Waals surface area contributed by atoms with E-state index >= 15 is 0 Å². The number of nitrogens with zero attached hydrogens (tertiary/aromatic N) is 3. The third kappa shape index (κ3) is 3.45. The Bertz CT molecular complexity index is 1050. The molecule has 2 amide bonds. The molecule has 3 aliphatic rings. The molecule has 0 aromatic heterocycles. The molecule has 5 rings (SSSR count). The summed E-state index contributed by atoms with van der Waals surface area (Å²) in [5, 5.41) is 11.8. The molecule has 2 fully saturated rings. The van der Waals surface area contributed by atoms with E-state index in [9.17, 15) is 19.1 Å². The highest BCUT2D eigenvalue weighted by molar-refractivity contribution is 5.95. The second-order valence-corrected chi connectivity index (χ2v) is 8.53. The van der Waals surface area contributed by atoms with Gasteiger partial charge >= 0.3 is 0 Å². The summed E-state index contributed by atoms with van der Waals surface area (Å²) in [6, 6.07) is 12.7. The van der Waals surface area contributed by atoms with Gasteiger partial charge in [-0.25, -0.2) is 9.82 Å². The molecule has 2 N–H and O–H groups in total. The monoisotopic (exact) mass is 424 g/mol. The molecule has 2 aromatic rings. The van der Waals surface area contributed by atoms with E-state index in [4.69, 9.17) is 0 Å². The van der Waals surface area contributed by atoms with Crippen molar-refractivity contribution in [2.24, 2.45) is 0 Å². The zero-order chi connectivity index (χ0) is 21.8. The fourth-order valence-corrected chi connectivity index (χ4v) is 4.33. The van der Waals surface area contributed by atoms with Gasteiger partial charge in [-0.15, -0.1) is 0 Å². The second-order valence-electron chi connectivity index (χ2n) is 8.53. The highest BCUT2D eigenvalue weighted by Crippen LogP contribution is 2.38. The minimum absolute atomic E-state index is 0.0184. The first-order valence-corrected chi connectivity index (χ1v) is 10.6. The lowest BCUT2D eigenvalue weighted by Crippen LogP contribution is -2.53. The maximum atomic E-state index is 15.0. The molecule has 0 bridgehead atoms. The average molecular weight is 424 g/mol. The van der Waals surface area contributed by atoms with E-state index in [1.807, 2.05) is 36.2 Å². The maximum Gasteiger partial charge on any atom is 0.256 e. The zero-order valence-corrected chi connectivity index (χ0v) is 17.3. The molecule has 1 saturated carbocycles. The van der Waals surface area contributed by atoms with Crippen LogP contribution in [-0.2, 0) is 4.79 Å². The van der Waals surface area contributed by atoms with Crippen LogP contribution in [0.3, 0.4) is 0 Å². The van der Waals surface area contributed by atoms with Crippen molar-refractivity contribution in [3.8, 4) is 0 Å². The SMILES string of the molecule is CC1NN(c2ccc(C(=O)N3CCN(C(=O)C4(O)CC4)CC3)c(F)c2)c2ccccc21. The molecule has 2 heterocycles.